The minimum atomic E-state index is -3.50. The fourth-order valence-corrected chi connectivity index (χ4v) is 3.75. The van der Waals surface area contributed by atoms with Crippen molar-refractivity contribution in [2.45, 2.75) is 18.2 Å². The van der Waals surface area contributed by atoms with Gasteiger partial charge in [0.2, 0.25) is 15.9 Å². The highest BCUT2D eigenvalue weighted by molar-refractivity contribution is 7.88. The molecule has 1 N–H and O–H groups in total. The van der Waals surface area contributed by atoms with Crippen LogP contribution in [0.25, 0.3) is 0 Å². The Morgan fingerprint density at radius 1 is 1.42 bits per heavy atom. The lowest BCUT2D eigenvalue weighted by molar-refractivity contribution is -0.126. The molecule has 7 heteroatoms. The highest BCUT2D eigenvalue weighted by Gasteiger charge is 2.30. The molecule has 0 aromatic heterocycles. The number of sulfonamides is 1. The summed E-state index contributed by atoms with van der Waals surface area (Å²) < 4.78 is 26.6. The van der Waals surface area contributed by atoms with E-state index in [0.29, 0.717) is 17.1 Å². The molecule has 1 saturated heterocycles. The number of carbonyl (C=O) groups is 1. The van der Waals surface area contributed by atoms with Crippen molar-refractivity contribution in [3.05, 3.63) is 34.9 Å². The molecule has 0 spiro atoms. The van der Waals surface area contributed by atoms with Gasteiger partial charge in [-0.1, -0.05) is 29.8 Å². The van der Waals surface area contributed by atoms with E-state index in [0.717, 1.165) is 0 Å². The molecule has 1 aromatic carbocycles. The third kappa shape index (κ3) is 3.68. The van der Waals surface area contributed by atoms with Crippen molar-refractivity contribution in [2.75, 3.05) is 13.6 Å². The molecule has 1 aliphatic rings. The lowest BCUT2D eigenvalue weighted by atomic mass is 10.2. The SMILES string of the molecule is CN1CC(NS(=O)(=O)Cc2ccccc2Cl)CC1=O. The van der Waals surface area contributed by atoms with Gasteiger partial charge in [0.15, 0.2) is 0 Å². The molecule has 19 heavy (non-hydrogen) atoms. The van der Waals surface area contributed by atoms with Crippen LogP contribution in [0.5, 0.6) is 0 Å². The first-order chi connectivity index (χ1) is 8.87. The maximum absolute atomic E-state index is 12.0. The van der Waals surface area contributed by atoms with Gasteiger partial charge in [-0.25, -0.2) is 13.1 Å². The first-order valence-corrected chi connectivity index (χ1v) is 7.88. The van der Waals surface area contributed by atoms with Crippen LogP contribution < -0.4 is 4.72 Å². The number of halogens is 1. The fourth-order valence-electron chi connectivity index (χ4n) is 2.06. The summed E-state index contributed by atoms with van der Waals surface area (Å²) in [4.78, 5) is 12.9. The summed E-state index contributed by atoms with van der Waals surface area (Å²) in [5.41, 5.74) is 0.550. The quantitative estimate of drug-likeness (QED) is 0.902. The van der Waals surface area contributed by atoms with Crippen LogP contribution in [0.2, 0.25) is 5.02 Å². The first-order valence-electron chi connectivity index (χ1n) is 5.85. The molecule has 1 heterocycles. The minimum Gasteiger partial charge on any atom is -0.344 e. The second kappa shape index (κ2) is 5.48. The maximum Gasteiger partial charge on any atom is 0.224 e. The molecule has 0 radical (unpaired) electrons. The molecule has 5 nitrogen and oxygen atoms in total. The van der Waals surface area contributed by atoms with E-state index in [2.05, 4.69) is 4.72 Å². The van der Waals surface area contributed by atoms with Crippen molar-refractivity contribution in [1.82, 2.24) is 9.62 Å². The Morgan fingerprint density at radius 3 is 2.68 bits per heavy atom. The predicted molar refractivity (Wildman–Crippen MR) is 73.3 cm³/mol. The van der Waals surface area contributed by atoms with Gasteiger partial charge in [-0.05, 0) is 11.6 Å². The topological polar surface area (TPSA) is 66.5 Å². The molecule has 1 aliphatic heterocycles. The van der Waals surface area contributed by atoms with E-state index in [1.54, 1.807) is 31.3 Å². The third-order valence-electron chi connectivity index (χ3n) is 2.99. The molecule has 2 rings (SSSR count). The monoisotopic (exact) mass is 302 g/mol. The third-order valence-corrected chi connectivity index (χ3v) is 4.74. The molecule has 0 saturated carbocycles. The number of hydrogen-bond acceptors (Lipinski definition) is 3. The number of likely N-dealkylation sites (N-methyl/N-ethyl adjacent to an activating group) is 1. The van der Waals surface area contributed by atoms with Gasteiger partial charge in [0.1, 0.15) is 0 Å². The van der Waals surface area contributed by atoms with Gasteiger partial charge in [0.05, 0.1) is 5.75 Å². The molecule has 1 fully saturated rings. The van der Waals surface area contributed by atoms with Crippen molar-refractivity contribution < 1.29 is 13.2 Å². The second-order valence-electron chi connectivity index (χ2n) is 4.64. The predicted octanol–water partition coefficient (Wildman–Crippen LogP) is 0.990. The zero-order chi connectivity index (χ0) is 14.0. The van der Waals surface area contributed by atoms with Crippen molar-refractivity contribution in [2.24, 2.45) is 0 Å². The van der Waals surface area contributed by atoms with Crippen LogP contribution in [0.15, 0.2) is 24.3 Å². The highest BCUT2D eigenvalue weighted by Crippen LogP contribution is 2.18. The molecular weight excluding hydrogens is 288 g/mol. The molecule has 104 valence electrons. The number of nitrogens with one attached hydrogen (secondary N) is 1. The summed E-state index contributed by atoms with van der Waals surface area (Å²) in [5.74, 6) is -0.230. The Morgan fingerprint density at radius 2 is 2.11 bits per heavy atom. The molecule has 0 bridgehead atoms. The summed E-state index contributed by atoms with van der Waals surface area (Å²) in [7, 11) is -1.84. The Bertz CT molecular complexity index is 588. The normalized spacial score (nSPS) is 20.0. The Kier molecular flexibility index (Phi) is 4.13. The smallest absolute Gasteiger partial charge is 0.224 e. The Hall–Kier alpha value is -1.11. The Labute approximate surface area is 117 Å². The van der Waals surface area contributed by atoms with Gasteiger partial charge in [0, 0.05) is 31.1 Å². The summed E-state index contributed by atoms with van der Waals surface area (Å²) in [5, 5.41) is 0.424. The van der Waals surface area contributed by atoms with Gasteiger partial charge in [-0.15, -0.1) is 0 Å². The van der Waals surface area contributed by atoms with Gasteiger partial charge in [-0.3, -0.25) is 4.79 Å². The van der Waals surface area contributed by atoms with Gasteiger partial charge < -0.3 is 4.90 Å². The zero-order valence-electron chi connectivity index (χ0n) is 10.5. The van der Waals surface area contributed by atoms with Crippen molar-refractivity contribution in [1.29, 1.82) is 0 Å². The number of amides is 1. The summed E-state index contributed by atoms with van der Waals surface area (Å²) in [6, 6.07) is 6.46. The number of benzene rings is 1. The maximum atomic E-state index is 12.0. The highest BCUT2D eigenvalue weighted by atomic mass is 35.5. The zero-order valence-corrected chi connectivity index (χ0v) is 12.0. The van der Waals surface area contributed by atoms with Crippen LogP contribution in [-0.2, 0) is 20.6 Å². The average molecular weight is 303 g/mol. The number of likely N-dealkylation sites (tertiary alicyclic amines) is 1. The van der Waals surface area contributed by atoms with Crippen LogP contribution in [0.3, 0.4) is 0 Å². The first kappa shape index (κ1) is 14.3. The molecule has 1 unspecified atom stereocenters. The van der Waals surface area contributed by atoms with E-state index in [9.17, 15) is 13.2 Å². The van der Waals surface area contributed by atoms with E-state index in [1.807, 2.05) is 0 Å². The molecule has 1 atom stereocenters. The van der Waals surface area contributed by atoms with Gasteiger partial charge >= 0.3 is 0 Å². The second-order valence-corrected chi connectivity index (χ2v) is 6.80. The summed E-state index contributed by atoms with van der Waals surface area (Å²) >= 11 is 5.94. The largest absolute Gasteiger partial charge is 0.344 e. The van der Waals surface area contributed by atoms with Gasteiger partial charge in [-0.2, -0.15) is 0 Å². The number of nitrogens with zero attached hydrogens (tertiary/aromatic N) is 1. The van der Waals surface area contributed by atoms with E-state index in [-0.39, 0.29) is 24.1 Å². The number of hydrogen-bond donors (Lipinski definition) is 1. The lowest BCUT2D eigenvalue weighted by Crippen LogP contribution is -2.37. The van der Waals surface area contributed by atoms with Gasteiger partial charge in [0.25, 0.3) is 0 Å². The molecule has 1 amide bonds. The lowest BCUT2D eigenvalue weighted by Gasteiger charge is -2.13. The van der Waals surface area contributed by atoms with Crippen LogP contribution in [0.1, 0.15) is 12.0 Å². The minimum absolute atomic E-state index is 0.0505. The number of carbonyl (C=O) groups excluding carboxylic acids is 1. The number of rotatable bonds is 4. The fraction of sp³-hybridized carbons (Fsp3) is 0.417. The van der Waals surface area contributed by atoms with Crippen LogP contribution >= 0.6 is 11.6 Å². The van der Waals surface area contributed by atoms with Crippen LogP contribution in [0.4, 0.5) is 0 Å². The van der Waals surface area contributed by atoms with Crippen molar-refractivity contribution in [3.63, 3.8) is 0 Å². The standard InChI is InChI=1S/C12H15ClN2O3S/c1-15-7-10(6-12(15)16)14-19(17,18)8-9-4-2-3-5-11(9)13/h2-5,10,14H,6-8H2,1H3. The summed E-state index contributed by atoms with van der Waals surface area (Å²) in [6.07, 6.45) is 0.207. The van der Waals surface area contributed by atoms with E-state index in [4.69, 9.17) is 11.6 Å². The molecular formula is C12H15ClN2O3S. The van der Waals surface area contributed by atoms with E-state index in [1.165, 1.54) is 4.90 Å². The molecule has 0 aliphatic carbocycles. The van der Waals surface area contributed by atoms with E-state index >= 15 is 0 Å². The van der Waals surface area contributed by atoms with Crippen LogP contribution in [0, 0.1) is 0 Å². The van der Waals surface area contributed by atoms with E-state index < -0.39 is 10.0 Å². The van der Waals surface area contributed by atoms with Crippen LogP contribution in [-0.4, -0.2) is 38.9 Å². The molecule has 1 aromatic rings. The van der Waals surface area contributed by atoms with Crippen molar-refractivity contribution >= 4 is 27.5 Å². The Balaban J connectivity index is 2.04. The summed E-state index contributed by atoms with van der Waals surface area (Å²) in [6.45, 7) is 0.403. The van der Waals surface area contributed by atoms with Crippen molar-refractivity contribution in [3.8, 4) is 0 Å². The average Bonchev–Trinajstić information content (AvgIpc) is 2.60.